The van der Waals surface area contributed by atoms with Crippen LogP contribution in [0.25, 0.3) is 0 Å². The number of hydrogen-bond donors (Lipinski definition) is 8. The summed E-state index contributed by atoms with van der Waals surface area (Å²) in [5, 5.41) is 44.9. The molecule has 0 saturated heterocycles. The van der Waals surface area contributed by atoms with Gasteiger partial charge in [0.05, 0.1) is 11.9 Å². The van der Waals surface area contributed by atoms with Gasteiger partial charge in [-0.05, 0) is 0 Å². The predicted octanol–water partition coefficient (Wildman–Crippen LogP) is -10.8. The number of carbonyl (C=O) groups is 2. The molecule has 0 spiro atoms. The Balaban J connectivity index is -0.000000233. The molecule has 0 amide bonds. The predicted molar refractivity (Wildman–Crippen MR) is 52.6 cm³/mol. The van der Waals surface area contributed by atoms with Crippen molar-refractivity contribution in [2.75, 3.05) is 0 Å². The van der Waals surface area contributed by atoms with Gasteiger partial charge in [-0.3, -0.25) is 33.8 Å². The van der Waals surface area contributed by atoms with E-state index in [0.29, 0.717) is 0 Å². The Morgan fingerprint density at radius 3 is 1.00 bits per heavy atom. The third-order valence-electron chi connectivity index (χ3n) is 0.782. The Labute approximate surface area is 101 Å². The standard InChI is InChI=1S/C4H6O6.2CH5N3/c5-1(3(7)8)2(6)4(9)10;2*2-1(3)4/h1-2,5-6H,(H,7,8)(H,9,10);2*(H5,2,3,4)/t1-,2-;;/m1../s1. The van der Waals surface area contributed by atoms with E-state index in [-0.39, 0.29) is 11.9 Å². The highest BCUT2D eigenvalue weighted by Crippen LogP contribution is 1.88. The smallest absolute Gasteiger partial charge is 0.336 e. The fourth-order valence-corrected chi connectivity index (χ4v) is 0.258. The maximum absolute atomic E-state index is 9.63. The van der Waals surface area contributed by atoms with Crippen LogP contribution >= 0.6 is 0 Å². The molecule has 0 radical (unpaired) electrons. The third kappa shape index (κ3) is 23.3. The Morgan fingerprint density at radius 1 is 0.833 bits per heavy atom. The van der Waals surface area contributed by atoms with E-state index in [1.807, 2.05) is 0 Å². The molecule has 0 bridgehead atoms. The maximum Gasteiger partial charge on any atom is 0.336 e. The van der Waals surface area contributed by atoms with Gasteiger partial charge >= 0.3 is 11.9 Å². The van der Waals surface area contributed by atoms with Crippen molar-refractivity contribution in [1.29, 1.82) is 0 Å². The van der Waals surface area contributed by atoms with Crippen LogP contribution in [0.4, 0.5) is 0 Å². The summed E-state index contributed by atoms with van der Waals surface area (Å²) in [6.45, 7) is 0. The van der Waals surface area contributed by atoms with Gasteiger partial charge in [0.25, 0.3) is 0 Å². The Bertz CT molecular complexity index is 269. The number of aliphatic hydroxyl groups is 2. The average molecular weight is 268 g/mol. The summed E-state index contributed by atoms with van der Waals surface area (Å²) in [5.74, 6) is -4.28. The van der Waals surface area contributed by atoms with Gasteiger partial charge in [-0.2, -0.15) is 0 Å². The zero-order valence-corrected chi connectivity index (χ0v) is 9.15. The van der Waals surface area contributed by atoms with Crippen molar-refractivity contribution in [1.82, 2.24) is 0 Å². The third-order valence-corrected chi connectivity index (χ3v) is 0.782. The molecular formula is C6H16N6O6. The minimum absolute atomic E-state index is 0.0833. The molecule has 0 aromatic rings. The molecule has 0 fully saturated rings. The van der Waals surface area contributed by atoms with Gasteiger partial charge in [0, 0.05) is 0 Å². The zero-order chi connectivity index (χ0) is 15.5. The molecule has 0 aliphatic heterocycles. The lowest BCUT2D eigenvalue weighted by Gasteiger charge is -2.18. The van der Waals surface area contributed by atoms with Crippen LogP contribution in [0.2, 0.25) is 0 Å². The second kappa shape index (κ2) is 10.9. The van der Waals surface area contributed by atoms with Gasteiger partial charge in [-0.15, -0.1) is 0 Å². The van der Waals surface area contributed by atoms with Crippen molar-refractivity contribution >= 4 is 23.9 Å². The topological polar surface area (TPSA) is 276 Å². The molecule has 0 unspecified atom stereocenters. The monoisotopic (exact) mass is 268 g/mol. The van der Waals surface area contributed by atoms with Gasteiger partial charge in [-0.1, -0.05) is 0 Å². The highest BCUT2D eigenvalue weighted by Gasteiger charge is 2.17. The molecule has 0 aliphatic rings. The molecule has 0 aromatic heterocycles. The molecule has 14 N–H and O–H groups in total. The van der Waals surface area contributed by atoms with Crippen LogP contribution in [0.1, 0.15) is 0 Å². The maximum atomic E-state index is 9.63. The van der Waals surface area contributed by atoms with Crippen molar-refractivity contribution in [3.63, 3.8) is 0 Å². The van der Waals surface area contributed by atoms with Crippen molar-refractivity contribution in [3.05, 3.63) is 0 Å². The summed E-state index contributed by atoms with van der Waals surface area (Å²) in [5.41, 5.74) is 18.3. The quantitative estimate of drug-likeness (QED) is 0.176. The van der Waals surface area contributed by atoms with Gasteiger partial charge in [0.15, 0.2) is 0 Å². The Morgan fingerprint density at radius 2 is 0.944 bits per heavy atom. The Kier molecular flexibility index (Phi) is 12.6. The SMILES string of the molecule is NC(N)=[NH2+].NC(N)=[NH2+].O=C([O-])[C@H](O)[C@@H](O)C(=O)[O-]. The molecule has 0 rings (SSSR count). The van der Waals surface area contributed by atoms with Crippen LogP contribution in [-0.2, 0) is 9.59 Å². The number of guanidine groups is 2. The number of nitrogens with two attached hydrogens (primary N) is 6. The van der Waals surface area contributed by atoms with Crippen molar-refractivity contribution in [2.45, 2.75) is 12.2 Å². The van der Waals surface area contributed by atoms with E-state index in [9.17, 15) is 19.8 Å². The van der Waals surface area contributed by atoms with E-state index < -0.39 is 24.1 Å². The van der Waals surface area contributed by atoms with E-state index in [1.54, 1.807) is 0 Å². The minimum atomic E-state index is -2.44. The largest absolute Gasteiger partial charge is 0.547 e. The first-order chi connectivity index (χ1) is 7.93. The summed E-state index contributed by atoms with van der Waals surface area (Å²) < 4.78 is 0. The lowest BCUT2D eigenvalue weighted by molar-refractivity contribution is -0.333. The summed E-state index contributed by atoms with van der Waals surface area (Å²) in [6, 6.07) is 0. The number of carboxylic acid groups (broad SMARTS) is 2. The van der Waals surface area contributed by atoms with Crippen LogP contribution in [0.5, 0.6) is 0 Å². The van der Waals surface area contributed by atoms with E-state index in [4.69, 9.17) is 10.2 Å². The van der Waals surface area contributed by atoms with Gasteiger partial charge in [0.2, 0.25) is 0 Å². The number of carbonyl (C=O) groups excluding carboxylic acids is 2. The molecular weight excluding hydrogens is 252 g/mol. The molecule has 0 saturated carbocycles. The zero-order valence-electron chi connectivity index (χ0n) is 9.15. The molecule has 0 aromatic carbocycles. The fourth-order valence-electron chi connectivity index (χ4n) is 0.258. The number of carboxylic acids is 2. The summed E-state index contributed by atoms with van der Waals surface area (Å²) in [6.07, 6.45) is -4.88. The first kappa shape index (κ1) is 20.8. The summed E-state index contributed by atoms with van der Waals surface area (Å²) >= 11 is 0. The van der Waals surface area contributed by atoms with Gasteiger partial charge in [0.1, 0.15) is 12.2 Å². The lowest BCUT2D eigenvalue weighted by atomic mass is 10.2. The average Bonchev–Trinajstić information content (AvgIpc) is 2.13. The van der Waals surface area contributed by atoms with E-state index in [1.165, 1.54) is 0 Å². The first-order valence-corrected chi connectivity index (χ1v) is 3.98. The van der Waals surface area contributed by atoms with Crippen LogP contribution < -0.4 is 44.0 Å². The van der Waals surface area contributed by atoms with Crippen LogP contribution in [0, 0.1) is 0 Å². The van der Waals surface area contributed by atoms with Crippen molar-refractivity contribution < 1.29 is 40.8 Å². The van der Waals surface area contributed by atoms with Crippen molar-refractivity contribution in [2.24, 2.45) is 22.9 Å². The van der Waals surface area contributed by atoms with Crippen molar-refractivity contribution in [3.8, 4) is 0 Å². The van der Waals surface area contributed by atoms with E-state index >= 15 is 0 Å². The highest BCUT2D eigenvalue weighted by atomic mass is 16.4. The van der Waals surface area contributed by atoms with E-state index in [2.05, 4.69) is 33.8 Å². The minimum Gasteiger partial charge on any atom is -0.547 e. The molecule has 0 heterocycles. The molecule has 12 heteroatoms. The number of aliphatic hydroxyl groups excluding tert-OH is 2. The number of hydrogen-bond acceptors (Lipinski definition) is 6. The molecule has 12 nitrogen and oxygen atoms in total. The normalized spacial score (nSPS) is 11.4. The lowest BCUT2D eigenvalue weighted by Crippen LogP contribution is -2.51. The second-order valence-corrected chi connectivity index (χ2v) is 2.53. The molecule has 106 valence electrons. The molecule has 2 atom stereocenters. The summed E-state index contributed by atoms with van der Waals surface area (Å²) in [7, 11) is 0. The number of rotatable bonds is 3. The van der Waals surface area contributed by atoms with Crippen LogP contribution in [0.3, 0.4) is 0 Å². The number of aliphatic carboxylic acids is 2. The van der Waals surface area contributed by atoms with Gasteiger partial charge in [-0.25, -0.2) is 0 Å². The summed E-state index contributed by atoms with van der Waals surface area (Å²) in [4.78, 5) is 19.3. The molecule has 0 aliphatic carbocycles. The van der Waals surface area contributed by atoms with Crippen LogP contribution in [-0.4, -0.2) is 46.3 Å². The van der Waals surface area contributed by atoms with E-state index in [0.717, 1.165) is 0 Å². The van der Waals surface area contributed by atoms with Gasteiger partial charge < -0.3 is 30.0 Å². The van der Waals surface area contributed by atoms with Crippen LogP contribution in [0.15, 0.2) is 0 Å². The second-order valence-electron chi connectivity index (χ2n) is 2.53. The fraction of sp³-hybridized carbons (Fsp3) is 0.333. The first-order valence-electron chi connectivity index (χ1n) is 3.98. The highest BCUT2D eigenvalue weighted by molar-refractivity contribution is 5.80. The Hall–Kier alpha value is -2.60. The molecule has 18 heavy (non-hydrogen) atoms.